The fraction of sp³-hybridized carbons (Fsp3) is 0.100. The number of carboxylic acids is 3. The molecular weight excluding hydrogens is 256 g/mol. The largest absolute Gasteiger partial charge is 2.00 e. The van der Waals surface area contributed by atoms with Gasteiger partial charge in [-0.25, -0.2) is 9.59 Å². The SMILES string of the molecule is CC(=O)O.O=C(O)c1ccccc1C(=O)O.[Ca+2].[H-].[H-]. The van der Waals surface area contributed by atoms with E-state index in [9.17, 15) is 9.59 Å². The van der Waals surface area contributed by atoms with Gasteiger partial charge in [-0.3, -0.25) is 4.79 Å². The second-order valence-corrected chi connectivity index (χ2v) is 2.67. The maximum atomic E-state index is 10.5. The summed E-state index contributed by atoms with van der Waals surface area (Å²) in [6.45, 7) is 1.08. The van der Waals surface area contributed by atoms with Gasteiger partial charge in [0.05, 0.1) is 11.1 Å². The van der Waals surface area contributed by atoms with Crippen molar-refractivity contribution in [3.8, 4) is 0 Å². The molecule has 0 heterocycles. The van der Waals surface area contributed by atoms with E-state index in [1.54, 1.807) is 0 Å². The molecule has 0 atom stereocenters. The average molecular weight is 268 g/mol. The molecule has 0 aliphatic carbocycles. The van der Waals surface area contributed by atoms with Crippen LogP contribution in [0.5, 0.6) is 0 Å². The van der Waals surface area contributed by atoms with E-state index in [0.29, 0.717) is 0 Å². The molecule has 0 spiro atoms. The molecule has 0 radical (unpaired) electrons. The second-order valence-electron chi connectivity index (χ2n) is 2.67. The molecule has 1 rings (SSSR count). The number of aromatic carboxylic acids is 2. The summed E-state index contributed by atoms with van der Waals surface area (Å²) in [6.07, 6.45) is 0. The van der Waals surface area contributed by atoms with Crippen molar-refractivity contribution < 1.29 is 32.6 Å². The van der Waals surface area contributed by atoms with Crippen molar-refractivity contribution in [1.29, 1.82) is 0 Å². The zero-order chi connectivity index (χ0) is 12.7. The van der Waals surface area contributed by atoms with Crippen molar-refractivity contribution in [3.05, 3.63) is 35.4 Å². The number of benzene rings is 1. The number of rotatable bonds is 2. The minimum Gasteiger partial charge on any atom is -1.00 e. The Kier molecular flexibility index (Phi) is 9.64. The van der Waals surface area contributed by atoms with Gasteiger partial charge in [-0.15, -0.1) is 0 Å². The molecule has 17 heavy (non-hydrogen) atoms. The molecule has 90 valence electrons. The Bertz CT molecular complexity index is 387. The van der Waals surface area contributed by atoms with Crippen LogP contribution in [0.15, 0.2) is 24.3 Å². The van der Waals surface area contributed by atoms with Crippen LogP contribution in [0.4, 0.5) is 0 Å². The molecule has 0 aromatic heterocycles. The molecule has 1 aromatic rings. The smallest absolute Gasteiger partial charge is 1.00 e. The summed E-state index contributed by atoms with van der Waals surface area (Å²) in [7, 11) is 0. The zero-order valence-corrected chi connectivity index (χ0v) is 11.3. The zero-order valence-electron chi connectivity index (χ0n) is 11.1. The van der Waals surface area contributed by atoms with Crippen molar-refractivity contribution >= 4 is 55.6 Å². The Morgan fingerprint density at radius 2 is 1.18 bits per heavy atom. The summed E-state index contributed by atoms with van der Waals surface area (Å²) in [6, 6.07) is 5.48. The number of hydrogen-bond donors (Lipinski definition) is 3. The van der Waals surface area contributed by atoms with E-state index in [1.165, 1.54) is 24.3 Å². The molecule has 0 saturated heterocycles. The summed E-state index contributed by atoms with van der Waals surface area (Å²) in [4.78, 5) is 29.9. The third kappa shape index (κ3) is 7.73. The first-order valence-corrected chi connectivity index (χ1v) is 4.11. The van der Waals surface area contributed by atoms with Gasteiger partial charge in [0.15, 0.2) is 0 Å². The molecule has 7 heteroatoms. The van der Waals surface area contributed by atoms with Gasteiger partial charge in [-0.2, -0.15) is 0 Å². The van der Waals surface area contributed by atoms with E-state index < -0.39 is 17.9 Å². The van der Waals surface area contributed by atoms with Crippen LogP contribution in [-0.4, -0.2) is 71.0 Å². The number of carboxylic acid groups (broad SMARTS) is 3. The molecule has 6 nitrogen and oxygen atoms in total. The van der Waals surface area contributed by atoms with Crippen molar-refractivity contribution in [3.63, 3.8) is 0 Å². The Balaban J connectivity index is -0.000000144. The predicted molar refractivity (Wildman–Crippen MR) is 61.6 cm³/mol. The minimum atomic E-state index is -1.23. The fourth-order valence-corrected chi connectivity index (χ4v) is 0.856. The van der Waals surface area contributed by atoms with Crippen molar-refractivity contribution in [2.24, 2.45) is 0 Å². The van der Waals surface area contributed by atoms with E-state index in [2.05, 4.69) is 0 Å². The first kappa shape index (κ1) is 18.3. The summed E-state index contributed by atoms with van der Waals surface area (Å²) in [5.41, 5.74) is -0.380. The molecule has 1 aromatic carbocycles. The summed E-state index contributed by atoms with van der Waals surface area (Å²) in [5, 5.41) is 24.5. The molecule has 0 saturated carbocycles. The predicted octanol–water partition coefficient (Wildman–Crippen LogP) is 1.02. The van der Waals surface area contributed by atoms with Crippen molar-refractivity contribution in [1.82, 2.24) is 0 Å². The molecule has 3 N–H and O–H groups in total. The van der Waals surface area contributed by atoms with Gasteiger partial charge in [-0.05, 0) is 12.1 Å². The van der Waals surface area contributed by atoms with Crippen LogP contribution in [-0.2, 0) is 4.79 Å². The van der Waals surface area contributed by atoms with Crippen LogP contribution >= 0.6 is 0 Å². The summed E-state index contributed by atoms with van der Waals surface area (Å²) >= 11 is 0. The third-order valence-electron chi connectivity index (χ3n) is 1.39. The van der Waals surface area contributed by atoms with E-state index in [-0.39, 0.29) is 51.7 Å². The van der Waals surface area contributed by atoms with Crippen LogP contribution in [0.25, 0.3) is 0 Å². The van der Waals surface area contributed by atoms with E-state index >= 15 is 0 Å². The standard InChI is InChI=1S/C8H6O4.C2H4O2.Ca.2H/c9-7(10)5-3-1-2-4-6(5)8(11)12;1-2(3)4;;;/h1-4H,(H,9,10)(H,11,12);1H3,(H,3,4);;;/q;;+2;2*-1. The first-order valence-electron chi connectivity index (χ1n) is 4.11. The van der Waals surface area contributed by atoms with Crippen molar-refractivity contribution in [2.75, 3.05) is 0 Å². The molecule has 0 fully saturated rings. The van der Waals surface area contributed by atoms with Gasteiger partial charge in [0.2, 0.25) is 0 Å². The topological polar surface area (TPSA) is 112 Å². The molecule has 0 aliphatic heterocycles. The van der Waals surface area contributed by atoms with Crippen molar-refractivity contribution in [2.45, 2.75) is 6.92 Å². The molecule has 0 aliphatic rings. The van der Waals surface area contributed by atoms with Crippen LogP contribution in [0.1, 0.15) is 30.5 Å². The Morgan fingerprint density at radius 3 is 1.35 bits per heavy atom. The normalized spacial score (nSPS) is 8.06. The van der Waals surface area contributed by atoms with Gasteiger partial charge in [-0.1, -0.05) is 12.1 Å². The summed E-state index contributed by atoms with van der Waals surface area (Å²) < 4.78 is 0. The molecular formula is C10H12CaO6. The Hall–Kier alpha value is -1.11. The Morgan fingerprint density at radius 1 is 0.941 bits per heavy atom. The quantitative estimate of drug-likeness (QED) is 0.690. The van der Waals surface area contributed by atoms with Crippen LogP contribution in [0.3, 0.4) is 0 Å². The van der Waals surface area contributed by atoms with E-state index in [0.717, 1.165) is 6.92 Å². The number of aliphatic carboxylic acids is 1. The van der Waals surface area contributed by atoms with Crippen LogP contribution in [0.2, 0.25) is 0 Å². The number of carbonyl (C=O) groups is 3. The van der Waals surface area contributed by atoms with Gasteiger partial charge >= 0.3 is 49.7 Å². The maximum Gasteiger partial charge on any atom is 2.00 e. The van der Waals surface area contributed by atoms with Crippen LogP contribution in [0, 0.1) is 0 Å². The molecule has 0 unspecified atom stereocenters. The number of hydrogen-bond acceptors (Lipinski definition) is 3. The Labute approximate surface area is 130 Å². The summed E-state index contributed by atoms with van der Waals surface area (Å²) in [5.74, 6) is -3.29. The van der Waals surface area contributed by atoms with Gasteiger partial charge < -0.3 is 18.2 Å². The minimum absolute atomic E-state index is 0. The second kappa shape index (κ2) is 8.98. The maximum absolute atomic E-state index is 10.5. The van der Waals surface area contributed by atoms with E-state index in [4.69, 9.17) is 20.1 Å². The monoisotopic (exact) mass is 268 g/mol. The fourth-order valence-electron chi connectivity index (χ4n) is 0.856. The van der Waals surface area contributed by atoms with Crippen LogP contribution < -0.4 is 0 Å². The molecule has 0 amide bonds. The van der Waals surface area contributed by atoms with Gasteiger partial charge in [0.1, 0.15) is 0 Å². The third-order valence-corrected chi connectivity index (χ3v) is 1.39. The molecule has 0 bridgehead atoms. The van der Waals surface area contributed by atoms with Gasteiger partial charge in [0, 0.05) is 6.92 Å². The van der Waals surface area contributed by atoms with E-state index in [1.807, 2.05) is 0 Å². The first-order chi connectivity index (χ1) is 7.36. The van der Waals surface area contributed by atoms with Gasteiger partial charge in [0.25, 0.3) is 5.97 Å². The average Bonchev–Trinajstić information content (AvgIpc) is 2.16.